The lowest BCUT2D eigenvalue weighted by Gasteiger charge is -2.35. The van der Waals surface area contributed by atoms with E-state index in [1.807, 2.05) is 44.2 Å². The molecule has 1 N–H and O–H groups in total. The first kappa shape index (κ1) is 21.4. The standard InChI is InChI=1S/C21H26FN3O3S/c1-3-25(18-9-5-4-6-10-18)21(26)17(2)23-13-15-24(16-14-23)29(27,28)20-12-8-7-11-19(20)22/h4-12,17H,3,13-16H2,1-2H3/p+1/t17-/m1/s1. The summed E-state index contributed by atoms with van der Waals surface area (Å²) in [6.07, 6.45) is 0. The fraction of sp³-hybridized carbons (Fsp3) is 0.381. The van der Waals surface area contributed by atoms with Crippen molar-refractivity contribution < 1.29 is 22.5 Å². The van der Waals surface area contributed by atoms with Crippen LogP contribution in [-0.4, -0.2) is 57.4 Å². The lowest BCUT2D eigenvalue weighted by atomic mass is 10.2. The molecule has 1 atom stereocenters. The van der Waals surface area contributed by atoms with E-state index < -0.39 is 15.8 Å². The van der Waals surface area contributed by atoms with E-state index in [2.05, 4.69) is 0 Å². The van der Waals surface area contributed by atoms with Gasteiger partial charge in [0.1, 0.15) is 10.7 Å². The Hall–Kier alpha value is -2.29. The topological polar surface area (TPSA) is 62.1 Å². The summed E-state index contributed by atoms with van der Waals surface area (Å²) in [5.41, 5.74) is 0.854. The van der Waals surface area contributed by atoms with Gasteiger partial charge in [0.2, 0.25) is 10.0 Å². The molecule has 0 radical (unpaired) electrons. The number of piperazine rings is 1. The van der Waals surface area contributed by atoms with Crippen LogP contribution in [0.25, 0.3) is 0 Å². The van der Waals surface area contributed by atoms with Gasteiger partial charge in [0, 0.05) is 12.2 Å². The summed E-state index contributed by atoms with van der Waals surface area (Å²) in [5.74, 6) is -0.730. The SMILES string of the molecule is CCN(C(=O)[C@@H](C)[NH+]1CCN(S(=O)(=O)c2ccccc2F)CC1)c1ccccc1. The van der Waals surface area contributed by atoms with E-state index in [9.17, 15) is 17.6 Å². The molecule has 1 aliphatic heterocycles. The van der Waals surface area contributed by atoms with Crippen molar-refractivity contribution in [2.75, 3.05) is 37.6 Å². The molecule has 1 amide bonds. The fourth-order valence-corrected chi connectivity index (χ4v) is 5.23. The van der Waals surface area contributed by atoms with Gasteiger partial charge in [-0.05, 0) is 38.1 Å². The van der Waals surface area contributed by atoms with Gasteiger partial charge in [-0.25, -0.2) is 12.8 Å². The number of rotatable bonds is 6. The molecule has 1 saturated heterocycles. The Kier molecular flexibility index (Phi) is 6.66. The highest BCUT2D eigenvalue weighted by atomic mass is 32.2. The second-order valence-electron chi connectivity index (χ2n) is 7.13. The van der Waals surface area contributed by atoms with Crippen molar-refractivity contribution in [1.82, 2.24) is 4.31 Å². The molecule has 29 heavy (non-hydrogen) atoms. The third-order valence-corrected chi connectivity index (χ3v) is 7.38. The average molecular weight is 421 g/mol. The largest absolute Gasteiger partial charge is 0.323 e. The number of hydrogen-bond acceptors (Lipinski definition) is 3. The number of anilines is 1. The maximum Gasteiger partial charge on any atom is 0.284 e. The van der Waals surface area contributed by atoms with Crippen molar-refractivity contribution in [2.45, 2.75) is 24.8 Å². The first-order valence-electron chi connectivity index (χ1n) is 9.82. The van der Waals surface area contributed by atoms with Gasteiger partial charge >= 0.3 is 0 Å². The van der Waals surface area contributed by atoms with Crippen LogP contribution in [0.3, 0.4) is 0 Å². The fourth-order valence-electron chi connectivity index (χ4n) is 3.72. The molecular formula is C21H27FN3O3S+. The van der Waals surface area contributed by atoms with Crippen LogP contribution in [0.4, 0.5) is 10.1 Å². The molecule has 0 saturated carbocycles. The minimum absolute atomic E-state index is 0.0131. The molecule has 0 bridgehead atoms. The number of para-hydroxylation sites is 1. The highest BCUT2D eigenvalue weighted by molar-refractivity contribution is 7.89. The number of halogens is 1. The first-order valence-corrected chi connectivity index (χ1v) is 11.3. The van der Waals surface area contributed by atoms with Crippen LogP contribution in [0.1, 0.15) is 13.8 Å². The monoisotopic (exact) mass is 420 g/mol. The zero-order valence-electron chi connectivity index (χ0n) is 16.7. The van der Waals surface area contributed by atoms with Crippen LogP contribution in [0, 0.1) is 5.82 Å². The number of carbonyl (C=O) groups excluding carboxylic acids is 1. The zero-order valence-corrected chi connectivity index (χ0v) is 17.5. The zero-order chi connectivity index (χ0) is 21.0. The first-order chi connectivity index (χ1) is 13.9. The number of likely N-dealkylation sites (N-methyl/N-ethyl adjacent to an activating group) is 1. The number of nitrogens with zero attached hydrogens (tertiary/aromatic N) is 2. The Morgan fingerprint density at radius 2 is 1.69 bits per heavy atom. The van der Waals surface area contributed by atoms with Gasteiger partial charge in [0.15, 0.2) is 6.04 Å². The van der Waals surface area contributed by atoms with E-state index in [4.69, 9.17) is 0 Å². The van der Waals surface area contributed by atoms with Crippen LogP contribution >= 0.6 is 0 Å². The number of benzene rings is 2. The lowest BCUT2D eigenvalue weighted by Crippen LogP contribution is -3.19. The van der Waals surface area contributed by atoms with Crippen LogP contribution in [-0.2, 0) is 14.8 Å². The van der Waals surface area contributed by atoms with Crippen molar-refractivity contribution >= 4 is 21.6 Å². The van der Waals surface area contributed by atoms with E-state index in [0.29, 0.717) is 19.6 Å². The number of hydrogen-bond donors (Lipinski definition) is 1. The van der Waals surface area contributed by atoms with E-state index in [1.54, 1.807) is 4.90 Å². The van der Waals surface area contributed by atoms with Gasteiger partial charge < -0.3 is 9.80 Å². The molecule has 8 heteroatoms. The quantitative estimate of drug-likeness (QED) is 0.763. The highest BCUT2D eigenvalue weighted by Gasteiger charge is 2.36. The molecule has 3 rings (SSSR count). The second kappa shape index (κ2) is 9.02. The van der Waals surface area contributed by atoms with E-state index >= 15 is 0 Å². The molecule has 2 aromatic rings. The van der Waals surface area contributed by atoms with E-state index in [-0.39, 0.29) is 29.9 Å². The molecular weight excluding hydrogens is 393 g/mol. The van der Waals surface area contributed by atoms with Crippen molar-refractivity contribution in [3.05, 3.63) is 60.4 Å². The van der Waals surface area contributed by atoms with Crippen molar-refractivity contribution in [3.63, 3.8) is 0 Å². The average Bonchev–Trinajstić information content (AvgIpc) is 2.74. The molecule has 156 valence electrons. The van der Waals surface area contributed by atoms with E-state index in [0.717, 1.165) is 16.7 Å². The summed E-state index contributed by atoms with van der Waals surface area (Å²) in [7, 11) is -3.88. The molecule has 0 aromatic heterocycles. The molecule has 0 unspecified atom stereocenters. The summed E-state index contributed by atoms with van der Waals surface area (Å²) >= 11 is 0. The third-order valence-electron chi connectivity index (χ3n) is 5.45. The smallest absolute Gasteiger partial charge is 0.284 e. The predicted octanol–water partition coefficient (Wildman–Crippen LogP) is 1.16. The van der Waals surface area contributed by atoms with Gasteiger partial charge in [-0.2, -0.15) is 4.31 Å². The van der Waals surface area contributed by atoms with Crippen molar-refractivity contribution in [1.29, 1.82) is 0 Å². The number of amides is 1. The van der Waals surface area contributed by atoms with Crippen LogP contribution in [0.5, 0.6) is 0 Å². The molecule has 1 heterocycles. The molecule has 6 nitrogen and oxygen atoms in total. The van der Waals surface area contributed by atoms with Crippen LogP contribution in [0.15, 0.2) is 59.5 Å². The molecule has 1 aliphatic rings. The minimum Gasteiger partial charge on any atom is -0.323 e. The van der Waals surface area contributed by atoms with Crippen molar-refractivity contribution in [3.8, 4) is 0 Å². The Morgan fingerprint density at radius 3 is 2.28 bits per heavy atom. The molecule has 1 fully saturated rings. The molecule has 2 aromatic carbocycles. The Morgan fingerprint density at radius 1 is 1.10 bits per heavy atom. The summed E-state index contributed by atoms with van der Waals surface area (Å²) in [6.45, 7) is 5.87. The van der Waals surface area contributed by atoms with Crippen LogP contribution in [0.2, 0.25) is 0 Å². The van der Waals surface area contributed by atoms with Gasteiger partial charge in [-0.1, -0.05) is 30.3 Å². The molecule has 0 spiro atoms. The van der Waals surface area contributed by atoms with Crippen LogP contribution < -0.4 is 9.80 Å². The van der Waals surface area contributed by atoms with Gasteiger partial charge in [-0.15, -0.1) is 0 Å². The van der Waals surface area contributed by atoms with Gasteiger partial charge in [0.05, 0.1) is 26.2 Å². The van der Waals surface area contributed by atoms with Gasteiger partial charge in [0.25, 0.3) is 5.91 Å². The second-order valence-corrected chi connectivity index (χ2v) is 9.04. The number of nitrogens with one attached hydrogen (secondary N) is 1. The maximum atomic E-state index is 14.0. The molecule has 0 aliphatic carbocycles. The third kappa shape index (κ3) is 4.49. The minimum atomic E-state index is -3.88. The maximum absolute atomic E-state index is 14.0. The summed E-state index contributed by atoms with van der Waals surface area (Å²) in [4.78, 5) is 15.5. The Labute approximate surface area is 171 Å². The number of sulfonamides is 1. The number of quaternary nitrogens is 1. The Bertz CT molecular complexity index is 945. The number of carbonyl (C=O) groups is 1. The normalized spacial score (nSPS) is 17.1. The predicted molar refractivity (Wildman–Crippen MR) is 110 cm³/mol. The van der Waals surface area contributed by atoms with Crippen molar-refractivity contribution in [2.24, 2.45) is 0 Å². The summed E-state index contributed by atoms with van der Waals surface area (Å²) in [5, 5.41) is 0. The lowest BCUT2D eigenvalue weighted by molar-refractivity contribution is -0.917. The van der Waals surface area contributed by atoms with Gasteiger partial charge in [-0.3, -0.25) is 4.79 Å². The Balaban J connectivity index is 1.67. The van der Waals surface area contributed by atoms with E-state index in [1.165, 1.54) is 22.5 Å². The summed E-state index contributed by atoms with van der Waals surface area (Å²) < 4.78 is 40.8. The summed E-state index contributed by atoms with van der Waals surface area (Å²) in [6, 6.07) is 14.6. The highest BCUT2D eigenvalue weighted by Crippen LogP contribution is 2.19.